The van der Waals surface area contributed by atoms with E-state index in [9.17, 15) is 0 Å². The molecule has 0 aliphatic rings. The van der Waals surface area contributed by atoms with Crippen molar-refractivity contribution in [2.24, 2.45) is 11.5 Å². The van der Waals surface area contributed by atoms with E-state index in [0.29, 0.717) is 6.54 Å². The van der Waals surface area contributed by atoms with Crippen LogP contribution in [0.5, 0.6) is 11.5 Å². The monoisotopic (exact) mass is 448 g/mol. The Morgan fingerprint density at radius 2 is 1.06 bits per heavy atom. The number of nitrogens with two attached hydrogens (primary N) is 2. The van der Waals surface area contributed by atoms with Crippen molar-refractivity contribution < 1.29 is 9.47 Å². The summed E-state index contributed by atoms with van der Waals surface area (Å²) in [5, 5.41) is 0. The maximum Gasteiger partial charge on any atom is 0.161 e. The zero-order chi connectivity index (χ0) is 23.3. The van der Waals surface area contributed by atoms with Crippen LogP contribution in [0.4, 0.5) is 0 Å². The zero-order valence-electron chi connectivity index (χ0n) is 21.2. The molecular formula is C28H52N2O2. The molecule has 4 N–H and O–H groups in total. The molecule has 32 heavy (non-hydrogen) atoms. The molecule has 0 aliphatic heterocycles. The van der Waals surface area contributed by atoms with Gasteiger partial charge in [0.05, 0.1) is 13.2 Å². The summed E-state index contributed by atoms with van der Waals surface area (Å²) in [6, 6.07) is 5.87. The topological polar surface area (TPSA) is 70.5 Å². The van der Waals surface area contributed by atoms with E-state index >= 15 is 0 Å². The second-order valence-electron chi connectivity index (χ2n) is 9.20. The maximum atomic E-state index is 6.13. The van der Waals surface area contributed by atoms with Crippen LogP contribution >= 0.6 is 0 Å². The third-order valence-corrected chi connectivity index (χ3v) is 6.16. The molecule has 0 saturated heterocycles. The van der Waals surface area contributed by atoms with Crippen LogP contribution in [0.1, 0.15) is 128 Å². The lowest BCUT2D eigenvalue weighted by Crippen LogP contribution is -2.20. The normalized spacial score (nSPS) is 12.1. The molecule has 0 aliphatic carbocycles. The number of hydrogen-bond donors (Lipinski definition) is 2. The highest BCUT2D eigenvalue weighted by Crippen LogP contribution is 2.30. The Hall–Kier alpha value is -1.26. The first kappa shape index (κ1) is 28.8. The van der Waals surface area contributed by atoms with Gasteiger partial charge < -0.3 is 20.9 Å². The second-order valence-corrected chi connectivity index (χ2v) is 9.20. The van der Waals surface area contributed by atoms with Gasteiger partial charge in [-0.3, -0.25) is 0 Å². The first-order valence-electron chi connectivity index (χ1n) is 13.6. The van der Waals surface area contributed by atoms with Crippen molar-refractivity contribution in [1.29, 1.82) is 0 Å². The van der Waals surface area contributed by atoms with Crippen molar-refractivity contribution in [1.82, 2.24) is 0 Å². The summed E-state index contributed by atoms with van der Waals surface area (Å²) in [6.45, 7) is 6.42. The summed E-state index contributed by atoms with van der Waals surface area (Å²) in [4.78, 5) is 0. The molecule has 0 heterocycles. The van der Waals surface area contributed by atoms with E-state index in [1.165, 1.54) is 89.9 Å². The van der Waals surface area contributed by atoms with E-state index in [1.54, 1.807) is 0 Å². The van der Waals surface area contributed by atoms with Crippen LogP contribution in [0, 0.1) is 0 Å². The number of ether oxygens (including phenoxy) is 2. The second kappa shape index (κ2) is 20.4. The smallest absolute Gasteiger partial charge is 0.161 e. The predicted molar refractivity (Wildman–Crippen MR) is 139 cm³/mol. The molecule has 0 fully saturated rings. The highest BCUT2D eigenvalue weighted by Gasteiger charge is 2.11. The average Bonchev–Trinajstić information content (AvgIpc) is 2.82. The summed E-state index contributed by atoms with van der Waals surface area (Å²) in [6.07, 6.45) is 20.8. The molecule has 4 heteroatoms. The molecule has 1 aromatic carbocycles. The standard InChI is InChI=1S/C28H52N2O2/c1-3-5-7-9-11-13-15-17-21-31-27-20-19-25(26(30)24-29)23-28(27)32-22-18-16-14-12-10-8-6-4-2/h19-20,23,26H,3-18,21-22,24,29-30H2,1-2H3. The minimum absolute atomic E-state index is 0.165. The molecule has 0 amide bonds. The van der Waals surface area contributed by atoms with Crippen molar-refractivity contribution in [3.8, 4) is 11.5 Å². The van der Waals surface area contributed by atoms with Gasteiger partial charge in [0.15, 0.2) is 11.5 Å². The molecule has 1 unspecified atom stereocenters. The molecule has 0 spiro atoms. The minimum Gasteiger partial charge on any atom is -0.490 e. The average molecular weight is 449 g/mol. The Bertz CT molecular complexity index is 550. The van der Waals surface area contributed by atoms with Crippen molar-refractivity contribution in [2.45, 2.75) is 123 Å². The van der Waals surface area contributed by atoms with E-state index < -0.39 is 0 Å². The fraction of sp³-hybridized carbons (Fsp3) is 0.786. The highest BCUT2D eigenvalue weighted by atomic mass is 16.5. The Morgan fingerprint density at radius 3 is 1.53 bits per heavy atom. The Kier molecular flexibility index (Phi) is 18.3. The summed E-state index contributed by atoms with van der Waals surface area (Å²) in [5.74, 6) is 1.65. The van der Waals surface area contributed by atoms with Gasteiger partial charge >= 0.3 is 0 Å². The van der Waals surface area contributed by atoms with Crippen molar-refractivity contribution in [3.05, 3.63) is 23.8 Å². The van der Waals surface area contributed by atoms with Crippen LogP contribution in [-0.2, 0) is 0 Å². The zero-order valence-corrected chi connectivity index (χ0v) is 21.2. The number of benzene rings is 1. The minimum atomic E-state index is -0.165. The van der Waals surface area contributed by atoms with Crippen LogP contribution in [0.2, 0.25) is 0 Å². The fourth-order valence-corrected chi connectivity index (χ4v) is 3.96. The molecule has 1 rings (SSSR count). The Morgan fingerprint density at radius 1 is 0.625 bits per heavy atom. The van der Waals surface area contributed by atoms with Crippen LogP contribution < -0.4 is 20.9 Å². The Balaban J connectivity index is 2.35. The molecule has 4 nitrogen and oxygen atoms in total. The van der Waals surface area contributed by atoms with Crippen LogP contribution in [0.25, 0.3) is 0 Å². The molecule has 0 aromatic heterocycles. The van der Waals surface area contributed by atoms with E-state index in [0.717, 1.165) is 43.1 Å². The van der Waals surface area contributed by atoms with Crippen molar-refractivity contribution in [2.75, 3.05) is 19.8 Å². The lowest BCUT2D eigenvalue weighted by atomic mass is 10.1. The van der Waals surface area contributed by atoms with E-state index in [-0.39, 0.29) is 6.04 Å². The van der Waals surface area contributed by atoms with Gasteiger partial charge in [-0.15, -0.1) is 0 Å². The summed E-state index contributed by atoms with van der Waals surface area (Å²) < 4.78 is 12.2. The van der Waals surface area contributed by atoms with Crippen LogP contribution in [0.3, 0.4) is 0 Å². The van der Waals surface area contributed by atoms with Crippen molar-refractivity contribution >= 4 is 0 Å². The van der Waals surface area contributed by atoms with Gasteiger partial charge in [-0.25, -0.2) is 0 Å². The Labute approximate surface area is 198 Å². The maximum absolute atomic E-state index is 6.13. The molecule has 0 radical (unpaired) electrons. The largest absolute Gasteiger partial charge is 0.490 e. The highest BCUT2D eigenvalue weighted by molar-refractivity contribution is 5.44. The number of hydrogen-bond acceptors (Lipinski definition) is 4. The third kappa shape index (κ3) is 14.0. The van der Waals surface area contributed by atoms with Crippen LogP contribution in [0.15, 0.2) is 18.2 Å². The summed E-state index contributed by atoms with van der Waals surface area (Å²) in [7, 11) is 0. The predicted octanol–water partition coefficient (Wildman–Crippen LogP) is 7.68. The van der Waals surface area contributed by atoms with E-state index in [1.807, 2.05) is 18.2 Å². The quantitative estimate of drug-likeness (QED) is 0.178. The van der Waals surface area contributed by atoms with E-state index in [2.05, 4.69) is 13.8 Å². The molecule has 1 atom stereocenters. The summed E-state index contributed by atoms with van der Waals surface area (Å²) in [5.41, 5.74) is 12.9. The van der Waals surface area contributed by atoms with Gasteiger partial charge in [0.25, 0.3) is 0 Å². The summed E-state index contributed by atoms with van der Waals surface area (Å²) >= 11 is 0. The SMILES string of the molecule is CCCCCCCCCCOc1ccc(C(N)CN)cc1OCCCCCCCCCC. The number of unbranched alkanes of at least 4 members (excludes halogenated alkanes) is 14. The van der Waals surface area contributed by atoms with Gasteiger partial charge in [0.2, 0.25) is 0 Å². The molecule has 1 aromatic rings. The lowest BCUT2D eigenvalue weighted by molar-refractivity contribution is 0.258. The van der Waals surface area contributed by atoms with Gasteiger partial charge in [0, 0.05) is 12.6 Å². The first-order chi connectivity index (χ1) is 15.7. The van der Waals surface area contributed by atoms with Crippen LogP contribution in [-0.4, -0.2) is 19.8 Å². The number of rotatable bonds is 22. The fourth-order valence-electron chi connectivity index (χ4n) is 3.96. The molecule has 0 saturated carbocycles. The molecular weight excluding hydrogens is 396 g/mol. The first-order valence-corrected chi connectivity index (χ1v) is 13.6. The third-order valence-electron chi connectivity index (χ3n) is 6.16. The van der Waals surface area contributed by atoms with E-state index in [4.69, 9.17) is 20.9 Å². The van der Waals surface area contributed by atoms with Gasteiger partial charge in [-0.05, 0) is 30.5 Å². The van der Waals surface area contributed by atoms with Gasteiger partial charge in [-0.2, -0.15) is 0 Å². The lowest BCUT2D eigenvalue weighted by Gasteiger charge is -2.16. The van der Waals surface area contributed by atoms with Crippen molar-refractivity contribution in [3.63, 3.8) is 0 Å². The molecule has 186 valence electrons. The van der Waals surface area contributed by atoms with Gasteiger partial charge in [0.1, 0.15) is 0 Å². The molecule has 0 bridgehead atoms. The van der Waals surface area contributed by atoms with Gasteiger partial charge in [-0.1, -0.05) is 110 Å².